The molecule has 2 saturated heterocycles. The van der Waals surface area contributed by atoms with Crippen LogP contribution in [0.1, 0.15) is 32.6 Å². The lowest BCUT2D eigenvalue weighted by molar-refractivity contribution is -0.130. The Morgan fingerprint density at radius 2 is 1.52 bits per heavy atom. The second-order valence-corrected chi connectivity index (χ2v) is 9.87. The fraction of sp³-hybridized carbons (Fsp3) is 0.619. The van der Waals surface area contributed by atoms with E-state index in [1.807, 2.05) is 11.0 Å². The highest BCUT2D eigenvalue weighted by atomic mass is 32.2. The van der Waals surface area contributed by atoms with Gasteiger partial charge in [0.15, 0.2) is 9.84 Å². The number of rotatable bonds is 5. The predicted octanol–water partition coefficient (Wildman–Crippen LogP) is 2.13. The number of carboxylic acid groups (broad SMARTS) is 1. The molecule has 0 saturated carbocycles. The lowest BCUT2D eigenvalue weighted by atomic mass is 9.79. The molecular formula is C21H32N2O5S. The van der Waals surface area contributed by atoms with Gasteiger partial charge in [-0.25, -0.2) is 8.42 Å². The highest BCUT2D eigenvalue weighted by Gasteiger charge is 2.30. The van der Waals surface area contributed by atoms with E-state index in [1.165, 1.54) is 0 Å². The first-order valence-electron chi connectivity index (χ1n) is 10.2. The van der Waals surface area contributed by atoms with Crippen LogP contribution in [0.3, 0.4) is 0 Å². The van der Waals surface area contributed by atoms with E-state index in [0.29, 0.717) is 11.4 Å². The average molecular weight is 425 g/mol. The number of hydrogen-bond acceptors (Lipinski definition) is 5. The number of piperidine rings is 2. The number of sulfone groups is 1. The summed E-state index contributed by atoms with van der Waals surface area (Å²) in [4.78, 5) is 24.5. The summed E-state index contributed by atoms with van der Waals surface area (Å²) < 4.78 is 24.8. The Hall–Kier alpha value is -1.93. The number of carbonyl (C=O) groups is 2. The molecule has 0 aliphatic carbocycles. The third-order valence-electron chi connectivity index (χ3n) is 6.06. The second-order valence-electron chi connectivity index (χ2n) is 7.76. The van der Waals surface area contributed by atoms with Crippen LogP contribution in [0.15, 0.2) is 35.2 Å². The summed E-state index contributed by atoms with van der Waals surface area (Å²) >= 11 is 0. The highest BCUT2D eigenvalue weighted by molar-refractivity contribution is 7.91. The summed E-state index contributed by atoms with van der Waals surface area (Å²) in [6.45, 7) is 5.80. The minimum Gasteiger partial charge on any atom is -0.483 e. The van der Waals surface area contributed by atoms with Crippen molar-refractivity contribution >= 4 is 22.2 Å². The van der Waals surface area contributed by atoms with Crippen LogP contribution in [0.25, 0.3) is 0 Å². The zero-order chi connectivity index (χ0) is 21.3. The van der Waals surface area contributed by atoms with Gasteiger partial charge in [0, 0.05) is 26.6 Å². The SMILES string of the molecule is CC(=O)N1CCC(C2CCN(CCS(=O)(=O)c3ccccc3)CC2)CC1.O=CO. The fourth-order valence-corrected chi connectivity index (χ4v) is 5.63. The zero-order valence-electron chi connectivity index (χ0n) is 17.1. The Morgan fingerprint density at radius 3 is 2.00 bits per heavy atom. The van der Waals surface area contributed by atoms with Crippen LogP contribution >= 0.6 is 0 Å². The second kappa shape index (κ2) is 11.3. The van der Waals surface area contributed by atoms with Crippen LogP contribution in [-0.2, 0) is 19.4 Å². The van der Waals surface area contributed by atoms with Gasteiger partial charge in [0.05, 0.1) is 10.6 Å². The van der Waals surface area contributed by atoms with Gasteiger partial charge in [0.1, 0.15) is 0 Å². The van der Waals surface area contributed by atoms with Gasteiger partial charge >= 0.3 is 0 Å². The summed E-state index contributed by atoms with van der Waals surface area (Å²) in [5.41, 5.74) is 0. The van der Waals surface area contributed by atoms with E-state index in [-0.39, 0.29) is 18.1 Å². The van der Waals surface area contributed by atoms with Gasteiger partial charge in [-0.3, -0.25) is 9.59 Å². The zero-order valence-corrected chi connectivity index (χ0v) is 17.9. The van der Waals surface area contributed by atoms with Crippen molar-refractivity contribution in [1.82, 2.24) is 9.80 Å². The maximum absolute atomic E-state index is 12.4. The Labute approximate surface area is 173 Å². The normalized spacial score (nSPS) is 19.3. The molecule has 0 bridgehead atoms. The molecule has 1 N–H and O–H groups in total. The highest BCUT2D eigenvalue weighted by Crippen LogP contribution is 2.32. The largest absolute Gasteiger partial charge is 0.483 e. The van der Waals surface area contributed by atoms with Crippen molar-refractivity contribution in [3.8, 4) is 0 Å². The molecule has 1 aromatic rings. The summed E-state index contributed by atoms with van der Waals surface area (Å²) in [6, 6.07) is 8.74. The molecule has 29 heavy (non-hydrogen) atoms. The average Bonchev–Trinajstić information content (AvgIpc) is 2.74. The molecule has 2 aliphatic rings. The third kappa shape index (κ3) is 7.12. The predicted molar refractivity (Wildman–Crippen MR) is 111 cm³/mol. The Kier molecular flexibility index (Phi) is 9.10. The summed E-state index contributed by atoms with van der Waals surface area (Å²) in [5.74, 6) is 1.84. The molecule has 0 radical (unpaired) electrons. The maximum atomic E-state index is 12.4. The van der Waals surface area contributed by atoms with Crippen molar-refractivity contribution in [3.63, 3.8) is 0 Å². The van der Waals surface area contributed by atoms with Gasteiger partial charge in [-0.1, -0.05) is 18.2 Å². The van der Waals surface area contributed by atoms with Crippen LogP contribution < -0.4 is 0 Å². The molecule has 8 heteroatoms. The van der Waals surface area contributed by atoms with Gasteiger partial charge in [0.25, 0.3) is 6.47 Å². The number of carbonyl (C=O) groups excluding carboxylic acids is 1. The molecule has 3 rings (SSSR count). The molecule has 7 nitrogen and oxygen atoms in total. The van der Waals surface area contributed by atoms with E-state index in [1.54, 1.807) is 31.2 Å². The molecule has 0 unspecified atom stereocenters. The van der Waals surface area contributed by atoms with Crippen molar-refractivity contribution in [3.05, 3.63) is 30.3 Å². The van der Waals surface area contributed by atoms with Crippen molar-refractivity contribution in [2.45, 2.75) is 37.5 Å². The van der Waals surface area contributed by atoms with Gasteiger partial charge in [0.2, 0.25) is 5.91 Å². The van der Waals surface area contributed by atoms with Crippen LogP contribution in [0.5, 0.6) is 0 Å². The number of likely N-dealkylation sites (tertiary alicyclic amines) is 2. The first-order valence-corrected chi connectivity index (χ1v) is 11.9. The Bertz CT molecular complexity index is 738. The van der Waals surface area contributed by atoms with E-state index in [0.717, 1.165) is 63.7 Å². The smallest absolute Gasteiger partial charge is 0.290 e. The van der Waals surface area contributed by atoms with Crippen LogP contribution in [0, 0.1) is 11.8 Å². The van der Waals surface area contributed by atoms with Gasteiger partial charge in [-0.2, -0.15) is 0 Å². The summed E-state index contributed by atoms with van der Waals surface area (Å²) in [7, 11) is -3.19. The van der Waals surface area contributed by atoms with Crippen LogP contribution in [0.4, 0.5) is 0 Å². The Balaban J connectivity index is 0.000000941. The van der Waals surface area contributed by atoms with Gasteiger partial charge < -0.3 is 14.9 Å². The molecule has 162 valence electrons. The molecule has 0 spiro atoms. The third-order valence-corrected chi connectivity index (χ3v) is 7.77. The number of amides is 1. The number of hydrogen-bond donors (Lipinski definition) is 1. The minimum absolute atomic E-state index is 0.192. The topological polar surface area (TPSA) is 95.0 Å². The van der Waals surface area contributed by atoms with Crippen molar-refractivity contribution < 1.29 is 23.1 Å². The maximum Gasteiger partial charge on any atom is 0.290 e. The molecule has 1 amide bonds. The van der Waals surface area contributed by atoms with Crippen LogP contribution in [-0.4, -0.2) is 74.2 Å². The lowest BCUT2D eigenvalue weighted by Gasteiger charge is -2.40. The van der Waals surface area contributed by atoms with Crippen molar-refractivity contribution in [1.29, 1.82) is 0 Å². The van der Waals surface area contributed by atoms with Crippen molar-refractivity contribution in [2.24, 2.45) is 11.8 Å². The van der Waals surface area contributed by atoms with Gasteiger partial charge in [-0.15, -0.1) is 0 Å². The van der Waals surface area contributed by atoms with E-state index in [9.17, 15) is 13.2 Å². The van der Waals surface area contributed by atoms with Gasteiger partial charge in [-0.05, 0) is 62.7 Å². The molecule has 2 heterocycles. The minimum atomic E-state index is -3.19. The number of nitrogens with zero attached hydrogens (tertiary/aromatic N) is 2. The lowest BCUT2D eigenvalue weighted by Crippen LogP contribution is -2.42. The molecule has 0 atom stereocenters. The molecular weight excluding hydrogens is 392 g/mol. The Morgan fingerprint density at radius 1 is 1.03 bits per heavy atom. The number of benzene rings is 1. The monoisotopic (exact) mass is 424 g/mol. The molecule has 1 aromatic carbocycles. The van der Waals surface area contributed by atoms with Crippen molar-refractivity contribution in [2.75, 3.05) is 38.5 Å². The van der Waals surface area contributed by atoms with Crippen LogP contribution in [0.2, 0.25) is 0 Å². The quantitative estimate of drug-likeness (QED) is 0.728. The first kappa shape index (κ1) is 23.3. The summed E-state index contributed by atoms with van der Waals surface area (Å²) in [5, 5.41) is 6.89. The van der Waals surface area contributed by atoms with E-state index >= 15 is 0 Å². The fourth-order valence-electron chi connectivity index (χ4n) is 4.33. The van der Waals surface area contributed by atoms with E-state index < -0.39 is 9.84 Å². The first-order chi connectivity index (χ1) is 13.9. The van der Waals surface area contributed by atoms with E-state index in [4.69, 9.17) is 9.90 Å². The molecule has 0 aromatic heterocycles. The summed E-state index contributed by atoms with van der Waals surface area (Å²) in [6.07, 6.45) is 4.53. The van der Waals surface area contributed by atoms with E-state index in [2.05, 4.69) is 4.90 Å². The molecule has 2 aliphatic heterocycles. The molecule has 2 fully saturated rings. The standard InChI is InChI=1S/C20H30N2O3S.CH2O2/c1-17(23)22-13-9-19(10-14-22)18-7-11-21(12-8-18)15-16-26(24,25)20-5-3-2-4-6-20;2-1-3/h2-6,18-19H,7-16H2,1H3;1H,(H,2,3).